The third-order valence-electron chi connectivity index (χ3n) is 7.47. The van der Waals surface area contributed by atoms with Crippen molar-refractivity contribution in [2.24, 2.45) is 33.0 Å². The first-order chi connectivity index (χ1) is 20.7. The molecule has 1 aliphatic heterocycles. The summed E-state index contributed by atoms with van der Waals surface area (Å²) in [7, 11) is 0. The molecule has 0 aromatic carbocycles. The van der Waals surface area contributed by atoms with Crippen LogP contribution in [0.3, 0.4) is 0 Å². The van der Waals surface area contributed by atoms with Crippen LogP contribution in [0.2, 0.25) is 0 Å². The van der Waals surface area contributed by atoms with E-state index in [1.54, 1.807) is 0 Å². The monoisotopic (exact) mass is 657 g/mol. The number of aliphatic hydroxyl groups excluding tert-OH is 1. The van der Waals surface area contributed by atoms with E-state index in [2.05, 4.69) is 20.6 Å². The molecule has 246 valence electrons. The lowest BCUT2D eigenvalue weighted by Gasteiger charge is -2.25. The van der Waals surface area contributed by atoms with Crippen LogP contribution < -0.4 is 16.4 Å². The van der Waals surface area contributed by atoms with Gasteiger partial charge >= 0.3 is 17.9 Å². The Labute approximate surface area is 264 Å². The quantitative estimate of drug-likeness (QED) is 0.0419. The molecule has 0 radical (unpaired) electrons. The van der Waals surface area contributed by atoms with Crippen LogP contribution in [-0.2, 0) is 24.0 Å². The number of aliphatic carboxylic acids is 3. The fourth-order valence-electron chi connectivity index (χ4n) is 4.81. The summed E-state index contributed by atoms with van der Waals surface area (Å²) in [5.41, 5.74) is 4.84. The third kappa shape index (κ3) is 11.4. The lowest BCUT2D eigenvalue weighted by molar-refractivity contribution is -0.142. The number of hydrogen-bond acceptors (Lipinski definition) is 10. The highest BCUT2D eigenvalue weighted by Gasteiger charge is 2.50. The Morgan fingerprint density at radius 3 is 2.39 bits per heavy atom. The van der Waals surface area contributed by atoms with E-state index in [1.807, 2.05) is 13.8 Å². The summed E-state index contributed by atoms with van der Waals surface area (Å²) >= 11 is 2.60. The van der Waals surface area contributed by atoms with E-state index >= 15 is 0 Å². The van der Waals surface area contributed by atoms with E-state index in [-0.39, 0.29) is 40.8 Å². The van der Waals surface area contributed by atoms with Crippen LogP contribution in [0.4, 0.5) is 0 Å². The first kappa shape index (κ1) is 37.1. The van der Waals surface area contributed by atoms with Crippen LogP contribution in [0.5, 0.6) is 0 Å². The third-order valence-corrected chi connectivity index (χ3v) is 9.86. The van der Waals surface area contributed by atoms with Gasteiger partial charge in [0.15, 0.2) is 0 Å². The van der Waals surface area contributed by atoms with E-state index in [9.17, 15) is 44.4 Å². The van der Waals surface area contributed by atoms with Crippen molar-refractivity contribution in [1.82, 2.24) is 10.6 Å². The van der Waals surface area contributed by atoms with Crippen LogP contribution in [0, 0.1) is 17.3 Å². The topological polar surface area (TPSA) is 241 Å². The fraction of sp³-hybridized carbons (Fsp3) is 0.679. The lowest BCUT2D eigenvalue weighted by Crippen LogP contribution is -2.50. The second-order valence-electron chi connectivity index (χ2n) is 11.4. The van der Waals surface area contributed by atoms with Gasteiger partial charge in [-0.3, -0.25) is 19.6 Å². The van der Waals surface area contributed by atoms with E-state index in [1.165, 1.54) is 36.5 Å². The van der Waals surface area contributed by atoms with Gasteiger partial charge in [-0.05, 0) is 50.2 Å². The summed E-state index contributed by atoms with van der Waals surface area (Å²) < 4.78 is 0. The van der Waals surface area contributed by atoms with Gasteiger partial charge < -0.3 is 36.8 Å². The Kier molecular flexibility index (Phi) is 14.7. The number of carboxylic acid groups (broad SMARTS) is 3. The molecule has 8 N–H and O–H groups in total. The van der Waals surface area contributed by atoms with Gasteiger partial charge in [-0.25, -0.2) is 14.4 Å². The number of unbranched alkanes of at least 4 members (excludes halogenated alkanes) is 2. The first-order valence-corrected chi connectivity index (χ1v) is 16.6. The summed E-state index contributed by atoms with van der Waals surface area (Å²) in [5.74, 6) is -4.99. The molecule has 0 saturated heterocycles. The van der Waals surface area contributed by atoms with Crippen molar-refractivity contribution in [3.8, 4) is 0 Å². The van der Waals surface area contributed by atoms with Crippen molar-refractivity contribution in [2.45, 2.75) is 76.3 Å². The minimum absolute atomic E-state index is 0.0471. The Hall–Kier alpha value is -3.11. The number of nitrogens with two attached hydrogens (primary N) is 1. The van der Waals surface area contributed by atoms with Crippen LogP contribution in [-0.4, -0.2) is 109 Å². The SMILES string of the molecule is C[C@@H](O)C(C(=O)NC(CSCCCC/C=C(/NC(=O)C1CC1(C)C)C(=O)O)C(=O)O)[C@H]1CC(SCCN=CN)C(C(=O)O)=N1. The summed E-state index contributed by atoms with van der Waals surface area (Å²) in [6, 6.07) is -2.10. The van der Waals surface area contributed by atoms with Crippen LogP contribution in [0.25, 0.3) is 0 Å². The lowest BCUT2D eigenvalue weighted by atomic mass is 9.91. The molecular weight excluding hydrogens is 614 g/mol. The number of nitrogens with one attached hydrogen (secondary N) is 2. The summed E-state index contributed by atoms with van der Waals surface area (Å²) in [6.45, 7) is 5.66. The van der Waals surface area contributed by atoms with E-state index in [0.29, 0.717) is 43.7 Å². The minimum Gasteiger partial charge on any atom is -0.480 e. The Morgan fingerprint density at radius 2 is 1.84 bits per heavy atom. The molecule has 2 aliphatic rings. The number of amides is 2. The minimum atomic E-state index is -1.26. The largest absolute Gasteiger partial charge is 0.480 e. The first-order valence-electron chi connectivity index (χ1n) is 14.4. The van der Waals surface area contributed by atoms with Gasteiger partial charge in [-0.1, -0.05) is 19.9 Å². The summed E-state index contributed by atoms with van der Waals surface area (Å²) in [6.07, 6.45) is 3.96. The van der Waals surface area contributed by atoms with E-state index in [0.717, 1.165) is 6.34 Å². The Balaban J connectivity index is 1.86. The smallest absolute Gasteiger partial charge is 0.352 e. The molecule has 0 aromatic heterocycles. The molecule has 44 heavy (non-hydrogen) atoms. The number of aliphatic imine (C=N–C) groups is 2. The molecule has 1 fully saturated rings. The van der Waals surface area contributed by atoms with Crippen LogP contribution in [0.15, 0.2) is 21.8 Å². The second kappa shape index (κ2) is 17.4. The van der Waals surface area contributed by atoms with Gasteiger partial charge in [0, 0.05) is 24.0 Å². The van der Waals surface area contributed by atoms with Crippen LogP contribution >= 0.6 is 23.5 Å². The molecule has 6 atom stereocenters. The van der Waals surface area contributed by atoms with Crippen molar-refractivity contribution < 1.29 is 44.4 Å². The van der Waals surface area contributed by atoms with Gasteiger partial charge in [-0.15, -0.1) is 11.8 Å². The van der Waals surface area contributed by atoms with Crippen molar-refractivity contribution >= 4 is 65.3 Å². The average Bonchev–Trinajstić information content (AvgIpc) is 3.38. The number of aliphatic hydroxyl groups is 1. The normalized spacial score (nSPS) is 23.0. The standard InChI is InChI=1S/C28H43N5O9S2/c1-15(34)21(18-11-20(22(31-18)27(41)42)44-10-8-30-14-29)24(36)33-19(26(39)40)13-43-9-6-4-5-7-17(25(37)38)32-23(35)16-12-28(16,2)3/h7,14-16,18-21,34H,4-6,8-13H2,1-3H3,(H2,29,30)(H,32,35)(H,33,36)(H,37,38)(H,39,40)(H,41,42)/b17-7+/t15-,16?,18-,19?,20?,21?/m1/s1. The maximum absolute atomic E-state index is 13.1. The highest BCUT2D eigenvalue weighted by atomic mass is 32.2. The molecule has 1 heterocycles. The van der Waals surface area contributed by atoms with Gasteiger partial charge in [0.1, 0.15) is 17.5 Å². The predicted molar refractivity (Wildman–Crippen MR) is 169 cm³/mol. The highest BCUT2D eigenvalue weighted by molar-refractivity contribution is 8.00. The maximum Gasteiger partial charge on any atom is 0.352 e. The van der Waals surface area contributed by atoms with E-state index < -0.39 is 53.2 Å². The molecular formula is C28H43N5O9S2. The zero-order valence-corrected chi connectivity index (χ0v) is 26.7. The summed E-state index contributed by atoms with van der Waals surface area (Å²) in [5, 5.41) is 43.5. The average molecular weight is 658 g/mol. The Morgan fingerprint density at radius 1 is 1.16 bits per heavy atom. The fourth-order valence-corrected chi connectivity index (χ4v) is 7.00. The molecule has 1 saturated carbocycles. The number of carbonyl (C=O) groups excluding carboxylic acids is 2. The number of hydrogen-bond donors (Lipinski definition) is 7. The van der Waals surface area contributed by atoms with Gasteiger partial charge in [0.2, 0.25) is 11.8 Å². The number of allylic oxidation sites excluding steroid dienone is 1. The molecule has 1 aliphatic carbocycles. The number of nitrogens with zero attached hydrogens (tertiary/aromatic N) is 2. The van der Waals surface area contributed by atoms with Gasteiger partial charge in [0.25, 0.3) is 0 Å². The number of thioether (sulfide) groups is 2. The molecule has 0 spiro atoms. The molecule has 4 unspecified atom stereocenters. The van der Waals surface area contributed by atoms with Gasteiger partial charge in [-0.2, -0.15) is 11.8 Å². The van der Waals surface area contributed by atoms with Gasteiger partial charge in [0.05, 0.1) is 29.7 Å². The molecule has 0 bridgehead atoms. The van der Waals surface area contributed by atoms with E-state index in [4.69, 9.17) is 5.73 Å². The zero-order chi connectivity index (χ0) is 33.0. The molecule has 0 aromatic rings. The molecule has 2 rings (SSSR count). The van der Waals surface area contributed by atoms with Crippen molar-refractivity contribution in [3.63, 3.8) is 0 Å². The maximum atomic E-state index is 13.1. The van der Waals surface area contributed by atoms with Crippen molar-refractivity contribution in [1.29, 1.82) is 0 Å². The number of rotatable bonds is 20. The number of carboxylic acids is 3. The van der Waals surface area contributed by atoms with Crippen molar-refractivity contribution in [2.75, 3.05) is 23.8 Å². The number of carbonyl (C=O) groups is 5. The highest BCUT2D eigenvalue weighted by Crippen LogP contribution is 2.51. The molecule has 2 amide bonds. The zero-order valence-electron chi connectivity index (χ0n) is 25.1. The van der Waals surface area contributed by atoms with Crippen molar-refractivity contribution in [3.05, 3.63) is 11.8 Å². The predicted octanol–water partition coefficient (Wildman–Crippen LogP) is 0.974. The molecule has 16 heteroatoms. The Bertz CT molecular complexity index is 1160. The molecule has 14 nitrogen and oxygen atoms in total. The van der Waals surface area contributed by atoms with Crippen LogP contribution in [0.1, 0.15) is 52.9 Å². The second-order valence-corrected chi connectivity index (χ2v) is 13.9. The summed E-state index contributed by atoms with van der Waals surface area (Å²) in [4.78, 5) is 68.6.